The van der Waals surface area contributed by atoms with E-state index in [4.69, 9.17) is 0 Å². The van der Waals surface area contributed by atoms with Crippen molar-refractivity contribution in [1.29, 1.82) is 0 Å². The molecule has 0 saturated heterocycles. The molecule has 2 rings (SSSR count). The molecule has 2 aromatic rings. The third-order valence-electron chi connectivity index (χ3n) is 2.43. The Morgan fingerprint density at radius 3 is 1.44 bits per heavy atom. The van der Waals surface area contributed by atoms with E-state index < -0.39 is 7.80 Å². The van der Waals surface area contributed by atoms with Crippen LogP contribution in [0.3, 0.4) is 0 Å². The second-order valence-electron chi connectivity index (χ2n) is 3.81. The standard InChI is InChI=1S/C16H14OP/c17-18(13-11-15-7-3-1-4-8-15)14-12-16-9-5-2-6-10-16/h1-14H. The van der Waals surface area contributed by atoms with Gasteiger partial charge in [-0.1, -0.05) is 60.7 Å². The third kappa shape index (κ3) is 4.12. The van der Waals surface area contributed by atoms with Gasteiger partial charge in [0, 0.05) is 11.6 Å². The Balaban J connectivity index is 1.97. The zero-order valence-corrected chi connectivity index (χ0v) is 10.8. The van der Waals surface area contributed by atoms with E-state index in [0.717, 1.165) is 11.1 Å². The quantitative estimate of drug-likeness (QED) is 0.688. The molecule has 0 bridgehead atoms. The lowest BCUT2D eigenvalue weighted by Crippen LogP contribution is -1.67. The first-order chi connectivity index (χ1) is 8.84. The number of hydrogen-bond acceptors (Lipinski definition) is 1. The first-order valence-corrected chi connectivity index (χ1v) is 7.16. The summed E-state index contributed by atoms with van der Waals surface area (Å²) >= 11 is 0. The molecule has 0 N–H and O–H groups in total. The second kappa shape index (κ2) is 6.68. The summed E-state index contributed by atoms with van der Waals surface area (Å²) < 4.78 is 11.8. The molecule has 0 amide bonds. The van der Waals surface area contributed by atoms with Crippen LogP contribution < -0.4 is 0 Å². The largest absolute Gasteiger partial charge is 0.278 e. The fraction of sp³-hybridized carbons (Fsp3) is 0. The van der Waals surface area contributed by atoms with Crippen LogP contribution in [-0.4, -0.2) is 0 Å². The molecule has 0 aliphatic rings. The normalized spacial score (nSPS) is 12.1. The van der Waals surface area contributed by atoms with Crippen molar-refractivity contribution in [2.24, 2.45) is 0 Å². The van der Waals surface area contributed by atoms with Crippen molar-refractivity contribution in [2.75, 3.05) is 0 Å². The van der Waals surface area contributed by atoms with Crippen molar-refractivity contribution in [1.82, 2.24) is 0 Å². The van der Waals surface area contributed by atoms with Crippen molar-refractivity contribution in [2.45, 2.75) is 0 Å². The summed E-state index contributed by atoms with van der Waals surface area (Å²) in [5, 5.41) is 0. The molecule has 0 fully saturated rings. The van der Waals surface area contributed by atoms with Gasteiger partial charge in [0.05, 0.1) is 0 Å². The highest BCUT2D eigenvalue weighted by atomic mass is 31.1. The highest BCUT2D eigenvalue weighted by molar-refractivity contribution is 7.52. The molecule has 0 aliphatic carbocycles. The van der Waals surface area contributed by atoms with Crippen molar-refractivity contribution in [3.8, 4) is 0 Å². The molecular weight excluding hydrogens is 239 g/mol. The molecule has 0 saturated carbocycles. The molecule has 0 atom stereocenters. The Hall–Kier alpha value is -1.98. The van der Waals surface area contributed by atoms with E-state index in [1.807, 2.05) is 72.8 Å². The Kier molecular flexibility index (Phi) is 4.63. The van der Waals surface area contributed by atoms with Gasteiger partial charge in [-0.25, -0.2) is 0 Å². The summed E-state index contributed by atoms with van der Waals surface area (Å²) in [6.07, 6.45) is 3.77. The molecule has 0 spiro atoms. The van der Waals surface area contributed by atoms with E-state index in [1.54, 1.807) is 11.6 Å². The van der Waals surface area contributed by atoms with Crippen molar-refractivity contribution in [3.05, 3.63) is 83.4 Å². The van der Waals surface area contributed by atoms with Crippen molar-refractivity contribution >= 4 is 20.0 Å². The first kappa shape index (κ1) is 12.5. The smallest absolute Gasteiger partial charge is 0.121 e. The summed E-state index contributed by atoms with van der Waals surface area (Å²) in [4.78, 5) is 0. The van der Waals surface area contributed by atoms with Crippen LogP contribution in [0.5, 0.6) is 0 Å². The number of hydrogen-bond donors (Lipinski definition) is 0. The van der Waals surface area contributed by atoms with Gasteiger partial charge < -0.3 is 0 Å². The average Bonchev–Trinajstić information content (AvgIpc) is 2.45. The topological polar surface area (TPSA) is 17.1 Å². The minimum atomic E-state index is -1.44. The first-order valence-electron chi connectivity index (χ1n) is 5.76. The molecule has 0 aliphatic heterocycles. The monoisotopic (exact) mass is 253 g/mol. The zero-order chi connectivity index (χ0) is 12.6. The lowest BCUT2D eigenvalue weighted by Gasteiger charge is -1.91. The predicted molar refractivity (Wildman–Crippen MR) is 78.6 cm³/mol. The highest BCUT2D eigenvalue weighted by Gasteiger charge is 1.89. The van der Waals surface area contributed by atoms with Gasteiger partial charge in [0.15, 0.2) is 0 Å². The van der Waals surface area contributed by atoms with Gasteiger partial charge in [-0.2, -0.15) is 0 Å². The second-order valence-corrected chi connectivity index (χ2v) is 5.13. The van der Waals surface area contributed by atoms with Gasteiger partial charge in [-0.3, -0.25) is 4.57 Å². The summed E-state index contributed by atoms with van der Waals surface area (Å²) in [6.45, 7) is 0. The lowest BCUT2D eigenvalue weighted by atomic mass is 10.2. The molecule has 0 aromatic heterocycles. The Morgan fingerprint density at radius 2 is 1.06 bits per heavy atom. The maximum absolute atomic E-state index is 11.8. The molecule has 1 nitrogen and oxygen atoms in total. The highest BCUT2D eigenvalue weighted by Crippen LogP contribution is 2.26. The van der Waals surface area contributed by atoms with E-state index in [0.29, 0.717) is 0 Å². The third-order valence-corrected chi connectivity index (χ3v) is 3.31. The number of benzene rings is 2. The van der Waals surface area contributed by atoms with Gasteiger partial charge in [0.1, 0.15) is 7.80 Å². The van der Waals surface area contributed by atoms with Crippen LogP contribution in [0.25, 0.3) is 12.2 Å². The summed E-state index contributed by atoms with van der Waals surface area (Å²) in [6, 6.07) is 19.7. The van der Waals surface area contributed by atoms with Crippen molar-refractivity contribution in [3.63, 3.8) is 0 Å². The van der Waals surface area contributed by atoms with E-state index in [1.165, 1.54) is 0 Å². The lowest BCUT2D eigenvalue weighted by molar-refractivity contribution is 0.597. The number of rotatable bonds is 4. The zero-order valence-electron chi connectivity index (χ0n) is 9.94. The Bertz CT molecular complexity index is 505. The van der Waals surface area contributed by atoms with Crippen LogP contribution in [0.15, 0.2) is 72.3 Å². The molecule has 2 aromatic carbocycles. The van der Waals surface area contributed by atoms with Crippen LogP contribution in [0, 0.1) is 0 Å². The minimum Gasteiger partial charge on any atom is -0.278 e. The minimum absolute atomic E-state index is 1.06. The maximum atomic E-state index is 11.8. The fourth-order valence-electron chi connectivity index (χ4n) is 1.50. The van der Waals surface area contributed by atoms with E-state index >= 15 is 0 Å². The Labute approximate surface area is 108 Å². The summed E-state index contributed by atoms with van der Waals surface area (Å²) in [7, 11) is -1.44. The molecule has 18 heavy (non-hydrogen) atoms. The molecule has 0 heterocycles. The van der Waals surface area contributed by atoms with Crippen molar-refractivity contribution < 1.29 is 4.57 Å². The fourth-order valence-corrected chi connectivity index (χ4v) is 2.23. The molecule has 2 heteroatoms. The molecule has 0 unspecified atom stereocenters. The SMILES string of the molecule is O=[P](C=Cc1ccccc1)C=Cc1ccccc1. The van der Waals surface area contributed by atoms with Crippen LogP contribution in [0.4, 0.5) is 0 Å². The predicted octanol–water partition coefficient (Wildman–Crippen LogP) is 5.16. The molecular formula is C16H14OP. The van der Waals surface area contributed by atoms with Crippen LogP contribution in [0.2, 0.25) is 0 Å². The van der Waals surface area contributed by atoms with Gasteiger partial charge >= 0.3 is 0 Å². The average molecular weight is 253 g/mol. The maximum Gasteiger partial charge on any atom is 0.121 e. The van der Waals surface area contributed by atoms with Gasteiger partial charge in [0.25, 0.3) is 0 Å². The van der Waals surface area contributed by atoms with Gasteiger partial charge in [-0.05, 0) is 23.3 Å². The Morgan fingerprint density at radius 1 is 0.667 bits per heavy atom. The van der Waals surface area contributed by atoms with Crippen LogP contribution in [-0.2, 0) is 4.57 Å². The van der Waals surface area contributed by atoms with E-state index in [-0.39, 0.29) is 0 Å². The summed E-state index contributed by atoms with van der Waals surface area (Å²) in [5.41, 5.74) is 2.13. The van der Waals surface area contributed by atoms with Crippen LogP contribution in [0.1, 0.15) is 11.1 Å². The summed E-state index contributed by atoms with van der Waals surface area (Å²) in [5.74, 6) is 3.45. The molecule has 1 radical (unpaired) electrons. The van der Waals surface area contributed by atoms with Gasteiger partial charge in [-0.15, -0.1) is 0 Å². The van der Waals surface area contributed by atoms with E-state index in [9.17, 15) is 4.57 Å². The molecule has 89 valence electrons. The van der Waals surface area contributed by atoms with Gasteiger partial charge in [0.2, 0.25) is 0 Å². The van der Waals surface area contributed by atoms with Crippen LogP contribution >= 0.6 is 7.80 Å². The van der Waals surface area contributed by atoms with E-state index in [2.05, 4.69) is 0 Å².